The molecule has 1 aliphatic rings. The fourth-order valence-corrected chi connectivity index (χ4v) is 4.69. The maximum atomic E-state index is 12.7. The molecule has 25 heavy (non-hydrogen) atoms. The number of aromatic nitrogens is 2. The van der Waals surface area contributed by atoms with Crippen LogP contribution < -0.4 is 5.56 Å². The van der Waals surface area contributed by atoms with E-state index in [2.05, 4.69) is 16.9 Å². The summed E-state index contributed by atoms with van der Waals surface area (Å²) in [5.74, 6) is 0.895. The molecule has 2 aromatic heterocycles. The quantitative estimate of drug-likeness (QED) is 0.674. The van der Waals surface area contributed by atoms with Gasteiger partial charge in [-0.2, -0.15) is 13.2 Å². The largest absolute Gasteiger partial charge is 0.416 e. The van der Waals surface area contributed by atoms with E-state index in [0.717, 1.165) is 37.0 Å². The minimum absolute atomic E-state index is 0.216. The zero-order valence-corrected chi connectivity index (χ0v) is 14.2. The van der Waals surface area contributed by atoms with Crippen molar-refractivity contribution in [2.24, 2.45) is 5.92 Å². The Hall–Kier alpha value is -2.15. The van der Waals surface area contributed by atoms with Gasteiger partial charge in [0.1, 0.15) is 10.7 Å². The highest BCUT2D eigenvalue weighted by Crippen LogP contribution is 2.36. The van der Waals surface area contributed by atoms with Crippen LogP contribution in [-0.2, 0) is 19.0 Å². The van der Waals surface area contributed by atoms with Gasteiger partial charge in [-0.25, -0.2) is 4.98 Å². The van der Waals surface area contributed by atoms with Crippen molar-refractivity contribution in [2.75, 3.05) is 0 Å². The van der Waals surface area contributed by atoms with Crippen LogP contribution in [0.4, 0.5) is 13.2 Å². The molecule has 0 bridgehead atoms. The van der Waals surface area contributed by atoms with E-state index in [1.165, 1.54) is 28.3 Å². The van der Waals surface area contributed by atoms with E-state index in [1.807, 2.05) is 0 Å². The molecular formula is C18H15F3N2OS. The van der Waals surface area contributed by atoms with Gasteiger partial charge in [-0.15, -0.1) is 11.3 Å². The first kappa shape index (κ1) is 16.3. The molecule has 0 fully saturated rings. The zero-order valence-electron chi connectivity index (χ0n) is 13.4. The predicted octanol–water partition coefficient (Wildman–Crippen LogP) is 4.80. The monoisotopic (exact) mass is 364 g/mol. The Morgan fingerprint density at radius 2 is 1.96 bits per heavy atom. The SMILES string of the molecule is CC1CCc2c(sc3nc(-c4ccc(C(F)(F)F)cc4)[nH]c(=O)c23)C1. The van der Waals surface area contributed by atoms with Crippen LogP contribution in [0.2, 0.25) is 0 Å². The smallest absolute Gasteiger partial charge is 0.306 e. The predicted molar refractivity (Wildman–Crippen MR) is 91.9 cm³/mol. The molecule has 0 saturated heterocycles. The molecule has 3 aromatic rings. The van der Waals surface area contributed by atoms with Crippen molar-refractivity contribution in [3.8, 4) is 11.4 Å². The maximum absolute atomic E-state index is 12.7. The van der Waals surface area contributed by atoms with Gasteiger partial charge in [0, 0.05) is 10.4 Å². The topological polar surface area (TPSA) is 45.8 Å². The number of nitrogens with zero attached hydrogens (tertiary/aromatic N) is 1. The second-order valence-corrected chi connectivity index (χ2v) is 7.61. The second-order valence-electron chi connectivity index (χ2n) is 6.52. The van der Waals surface area contributed by atoms with E-state index < -0.39 is 11.7 Å². The lowest BCUT2D eigenvalue weighted by Crippen LogP contribution is -2.13. The molecule has 4 rings (SSSR count). The summed E-state index contributed by atoms with van der Waals surface area (Å²) in [6, 6.07) is 4.67. The number of benzene rings is 1. The van der Waals surface area contributed by atoms with Gasteiger partial charge in [-0.05, 0) is 42.9 Å². The van der Waals surface area contributed by atoms with Crippen LogP contribution in [-0.4, -0.2) is 9.97 Å². The van der Waals surface area contributed by atoms with Crippen LogP contribution in [0.15, 0.2) is 29.1 Å². The Morgan fingerprint density at radius 3 is 2.64 bits per heavy atom. The van der Waals surface area contributed by atoms with Crippen LogP contribution >= 0.6 is 11.3 Å². The van der Waals surface area contributed by atoms with Gasteiger partial charge in [-0.3, -0.25) is 4.79 Å². The Bertz CT molecular complexity index is 1000. The standard InChI is InChI=1S/C18H15F3N2OS/c1-9-2-7-12-13(8-9)25-17-14(12)16(24)22-15(23-17)10-3-5-11(6-4-10)18(19,20)21/h3-6,9H,2,7-8H2,1H3,(H,22,23,24). The first-order chi connectivity index (χ1) is 11.8. The third kappa shape index (κ3) is 2.86. The normalized spacial score (nSPS) is 17.7. The van der Waals surface area contributed by atoms with E-state index >= 15 is 0 Å². The van der Waals surface area contributed by atoms with Crippen LogP contribution in [0.3, 0.4) is 0 Å². The number of H-pyrrole nitrogens is 1. The van der Waals surface area contributed by atoms with E-state index in [4.69, 9.17) is 0 Å². The van der Waals surface area contributed by atoms with Gasteiger partial charge in [0.25, 0.3) is 5.56 Å². The highest BCUT2D eigenvalue weighted by atomic mass is 32.1. The van der Waals surface area contributed by atoms with Crippen LogP contribution in [0.25, 0.3) is 21.6 Å². The van der Waals surface area contributed by atoms with Crippen molar-refractivity contribution in [3.63, 3.8) is 0 Å². The van der Waals surface area contributed by atoms with E-state index in [9.17, 15) is 18.0 Å². The minimum Gasteiger partial charge on any atom is -0.306 e. The van der Waals surface area contributed by atoms with Gasteiger partial charge in [-0.1, -0.05) is 19.1 Å². The van der Waals surface area contributed by atoms with Crippen molar-refractivity contribution in [2.45, 2.75) is 32.4 Å². The number of fused-ring (bicyclic) bond motifs is 3. The van der Waals surface area contributed by atoms with Crippen molar-refractivity contribution in [3.05, 3.63) is 50.6 Å². The van der Waals surface area contributed by atoms with Crippen molar-refractivity contribution in [1.82, 2.24) is 9.97 Å². The molecule has 1 aromatic carbocycles. The third-order valence-corrected chi connectivity index (χ3v) is 5.80. The Kier molecular flexibility index (Phi) is 3.72. The minimum atomic E-state index is -4.38. The van der Waals surface area contributed by atoms with Gasteiger partial charge in [0.2, 0.25) is 0 Å². The fourth-order valence-electron chi connectivity index (χ4n) is 3.30. The van der Waals surface area contributed by atoms with E-state index in [-0.39, 0.29) is 5.56 Å². The molecule has 0 spiro atoms. The van der Waals surface area contributed by atoms with Gasteiger partial charge >= 0.3 is 6.18 Å². The second kappa shape index (κ2) is 5.69. The average molecular weight is 364 g/mol. The molecule has 1 atom stereocenters. The summed E-state index contributed by atoms with van der Waals surface area (Å²) in [6.45, 7) is 2.19. The molecule has 0 saturated carbocycles. The Balaban J connectivity index is 1.80. The molecule has 1 aliphatic carbocycles. The lowest BCUT2D eigenvalue weighted by atomic mass is 9.89. The maximum Gasteiger partial charge on any atom is 0.416 e. The summed E-state index contributed by atoms with van der Waals surface area (Å²) in [6.07, 6.45) is -1.50. The van der Waals surface area contributed by atoms with Crippen LogP contribution in [0.5, 0.6) is 0 Å². The van der Waals surface area contributed by atoms with E-state index in [1.54, 1.807) is 0 Å². The fraction of sp³-hybridized carbons (Fsp3) is 0.333. The van der Waals surface area contributed by atoms with Crippen LogP contribution in [0, 0.1) is 5.92 Å². The highest BCUT2D eigenvalue weighted by Gasteiger charge is 2.30. The number of aromatic amines is 1. The molecule has 0 aliphatic heterocycles. The third-order valence-electron chi connectivity index (χ3n) is 4.65. The lowest BCUT2D eigenvalue weighted by molar-refractivity contribution is -0.137. The summed E-state index contributed by atoms with van der Waals surface area (Å²) >= 11 is 1.52. The number of halogens is 3. The number of thiophene rings is 1. The molecule has 130 valence electrons. The Morgan fingerprint density at radius 1 is 1.24 bits per heavy atom. The molecule has 3 nitrogen and oxygen atoms in total. The molecule has 1 unspecified atom stereocenters. The van der Waals surface area contributed by atoms with Gasteiger partial charge in [0.05, 0.1) is 10.9 Å². The van der Waals surface area contributed by atoms with Crippen molar-refractivity contribution in [1.29, 1.82) is 0 Å². The average Bonchev–Trinajstić information content (AvgIpc) is 2.91. The van der Waals surface area contributed by atoms with Crippen molar-refractivity contribution >= 4 is 21.6 Å². The van der Waals surface area contributed by atoms with Crippen molar-refractivity contribution < 1.29 is 13.2 Å². The molecule has 0 amide bonds. The zero-order chi connectivity index (χ0) is 17.8. The lowest BCUT2D eigenvalue weighted by Gasteiger charge is -2.17. The van der Waals surface area contributed by atoms with E-state index in [0.29, 0.717) is 27.5 Å². The first-order valence-electron chi connectivity index (χ1n) is 8.05. The summed E-state index contributed by atoms with van der Waals surface area (Å²) in [4.78, 5) is 21.7. The number of aryl methyl sites for hydroxylation is 1. The Labute approximate surface area is 145 Å². The molecule has 2 heterocycles. The number of alkyl halides is 3. The summed E-state index contributed by atoms with van der Waals surface area (Å²) in [5, 5.41) is 0.641. The summed E-state index contributed by atoms with van der Waals surface area (Å²) < 4.78 is 38.1. The number of nitrogens with one attached hydrogen (secondary N) is 1. The highest BCUT2D eigenvalue weighted by molar-refractivity contribution is 7.18. The summed E-state index contributed by atoms with van der Waals surface area (Å²) in [7, 11) is 0. The summed E-state index contributed by atoms with van der Waals surface area (Å²) in [5.41, 5.74) is 0.616. The molecule has 0 radical (unpaired) electrons. The van der Waals surface area contributed by atoms with Gasteiger partial charge in [0.15, 0.2) is 0 Å². The number of rotatable bonds is 1. The first-order valence-corrected chi connectivity index (χ1v) is 8.87. The molecule has 7 heteroatoms. The molecular weight excluding hydrogens is 349 g/mol. The van der Waals surface area contributed by atoms with Gasteiger partial charge < -0.3 is 4.98 Å². The molecule has 1 N–H and O–H groups in total. The van der Waals surface area contributed by atoms with Crippen LogP contribution in [0.1, 0.15) is 29.3 Å². The number of hydrogen-bond donors (Lipinski definition) is 1. The number of hydrogen-bond acceptors (Lipinski definition) is 3.